The van der Waals surface area contributed by atoms with Gasteiger partial charge in [0.25, 0.3) is 0 Å². The van der Waals surface area contributed by atoms with Gasteiger partial charge in [0.2, 0.25) is 11.8 Å². The number of carbonyl (C=O) groups excluding carboxylic acids is 2. The zero-order valence-electron chi connectivity index (χ0n) is 13.9. The van der Waals surface area contributed by atoms with Crippen molar-refractivity contribution >= 4 is 23.4 Å². The Kier molecular flexibility index (Phi) is 8.06. The summed E-state index contributed by atoms with van der Waals surface area (Å²) >= 11 is 5.88. The van der Waals surface area contributed by atoms with Gasteiger partial charge < -0.3 is 15.3 Å². The summed E-state index contributed by atoms with van der Waals surface area (Å²) in [4.78, 5) is 26.3. The van der Waals surface area contributed by atoms with Crippen LogP contribution >= 0.6 is 11.6 Å². The Balaban J connectivity index is 2.84. The molecule has 2 N–H and O–H groups in total. The number of aliphatic hydroxyl groups is 1. The molecular weight excluding hydrogens is 316 g/mol. The van der Waals surface area contributed by atoms with Crippen LogP contribution in [0.4, 0.5) is 0 Å². The minimum absolute atomic E-state index is 0.0219. The van der Waals surface area contributed by atoms with Crippen molar-refractivity contribution in [3.05, 3.63) is 34.9 Å². The van der Waals surface area contributed by atoms with Crippen molar-refractivity contribution in [1.29, 1.82) is 0 Å². The summed E-state index contributed by atoms with van der Waals surface area (Å²) in [5, 5.41) is 12.1. The summed E-state index contributed by atoms with van der Waals surface area (Å²) in [5.74, 6) is -0.499. The molecule has 0 saturated heterocycles. The first-order chi connectivity index (χ1) is 10.9. The highest BCUT2D eigenvalue weighted by Gasteiger charge is 2.27. The number of carbonyl (C=O) groups is 2. The maximum atomic E-state index is 12.5. The van der Waals surface area contributed by atoms with Crippen LogP contribution in [0.15, 0.2) is 24.3 Å². The zero-order valence-corrected chi connectivity index (χ0v) is 14.6. The Hall–Kier alpha value is -1.59. The van der Waals surface area contributed by atoms with Gasteiger partial charge in [0.1, 0.15) is 6.04 Å². The van der Waals surface area contributed by atoms with Crippen LogP contribution in [0.2, 0.25) is 5.02 Å². The highest BCUT2D eigenvalue weighted by Crippen LogP contribution is 2.15. The van der Waals surface area contributed by atoms with Crippen molar-refractivity contribution in [3.63, 3.8) is 0 Å². The molecule has 0 unspecified atom stereocenters. The number of amides is 2. The number of benzene rings is 1. The van der Waals surface area contributed by atoms with Crippen LogP contribution in [0.5, 0.6) is 0 Å². The monoisotopic (exact) mass is 340 g/mol. The molecule has 1 aromatic rings. The largest absolute Gasteiger partial charge is 0.396 e. The molecule has 0 aliphatic rings. The Morgan fingerprint density at radius 1 is 1.22 bits per heavy atom. The van der Waals surface area contributed by atoms with Gasteiger partial charge in [-0.25, -0.2) is 0 Å². The second-order valence-corrected chi connectivity index (χ2v) is 6.23. The molecule has 0 saturated carbocycles. The normalized spacial score (nSPS) is 12.1. The number of rotatable bonds is 8. The number of hydrogen-bond donors (Lipinski definition) is 2. The van der Waals surface area contributed by atoms with Gasteiger partial charge in [-0.2, -0.15) is 0 Å². The molecule has 0 fully saturated rings. The summed E-state index contributed by atoms with van der Waals surface area (Å²) in [6.45, 7) is 6.10. The summed E-state index contributed by atoms with van der Waals surface area (Å²) in [6, 6.07) is 6.64. The first-order valence-electron chi connectivity index (χ1n) is 7.80. The van der Waals surface area contributed by atoms with E-state index in [1.54, 1.807) is 24.0 Å². The first-order valence-corrected chi connectivity index (χ1v) is 8.18. The van der Waals surface area contributed by atoms with Gasteiger partial charge >= 0.3 is 0 Å². The van der Waals surface area contributed by atoms with Gasteiger partial charge in [-0.15, -0.1) is 0 Å². The molecule has 2 amide bonds. The van der Waals surface area contributed by atoms with Gasteiger partial charge in [0, 0.05) is 30.6 Å². The quantitative estimate of drug-likeness (QED) is 0.713. The smallest absolute Gasteiger partial charge is 0.242 e. The van der Waals surface area contributed by atoms with Crippen molar-refractivity contribution in [3.8, 4) is 0 Å². The van der Waals surface area contributed by atoms with Crippen LogP contribution in [0, 0.1) is 5.92 Å². The van der Waals surface area contributed by atoms with E-state index in [2.05, 4.69) is 5.32 Å². The standard InChI is InChI=1S/C17H25ClN2O3/c1-12(2)17(23)20(11-14-5-7-15(18)8-6-14)13(3)16(22)19-9-4-10-21/h5-8,12-13,21H,4,9-11H2,1-3H3,(H,19,22)/t13-/m0/s1. The van der Waals surface area contributed by atoms with Crippen LogP contribution in [0.3, 0.4) is 0 Å². The minimum Gasteiger partial charge on any atom is -0.396 e. The van der Waals surface area contributed by atoms with Crippen molar-refractivity contribution < 1.29 is 14.7 Å². The van der Waals surface area contributed by atoms with E-state index in [1.807, 2.05) is 26.0 Å². The number of hydrogen-bond acceptors (Lipinski definition) is 3. The first kappa shape index (κ1) is 19.5. The predicted molar refractivity (Wildman–Crippen MR) is 91.0 cm³/mol. The molecule has 1 atom stereocenters. The maximum Gasteiger partial charge on any atom is 0.242 e. The van der Waals surface area contributed by atoms with E-state index < -0.39 is 6.04 Å². The van der Waals surface area contributed by atoms with Crippen LogP contribution in [0.25, 0.3) is 0 Å². The SMILES string of the molecule is CC(C)C(=O)N(Cc1ccc(Cl)cc1)[C@@H](C)C(=O)NCCCO. The second-order valence-electron chi connectivity index (χ2n) is 5.79. The van der Waals surface area contributed by atoms with Crippen LogP contribution in [-0.4, -0.2) is 41.0 Å². The highest BCUT2D eigenvalue weighted by atomic mass is 35.5. The van der Waals surface area contributed by atoms with Crippen LogP contribution < -0.4 is 5.32 Å². The summed E-state index contributed by atoms with van der Waals surface area (Å²) in [7, 11) is 0. The molecule has 128 valence electrons. The summed E-state index contributed by atoms with van der Waals surface area (Å²) < 4.78 is 0. The fourth-order valence-electron chi connectivity index (χ4n) is 2.10. The Labute approximate surface area is 142 Å². The Morgan fingerprint density at radius 3 is 2.35 bits per heavy atom. The maximum absolute atomic E-state index is 12.5. The number of nitrogens with one attached hydrogen (secondary N) is 1. The van der Waals surface area contributed by atoms with Crippen LogP contribution in [-0.2, 0) is 16.1 Å². The Bertz CT molecular complexity index is 517. The molecule has 0 bridgehead atoms. The van der Waals surface area contributed by atoms with Crippen LogP contribution in [0.1, 0.15) is 32.8 Å². The van der Waals surface area contributed by atoms with E-state index in [-0.39, 0.29) is 24.3 Å². The fourth-order valence-corrected chi connectivity index (χ4v) is 2.23. The van der Waals surface area contributed by atoms with E-state index in [1.165, 1.54) is 0 Å². The molecule has 0 aliphatic carbocycles. The van der Waals surface area contributed by atoms with E-state index in [0.717, 1.165) is 5.56 Å². The lowest BCUT2D eigenvalue weighted by molar-refractivity contribution is -0.143. The number of aliphatic hydroxyl groups excluding tert-OH is 1. The molecule has 0 heterocycles. The van der Waals surface area contributed by atoms with E-state index in [4.69, 9.17) is 16.7 Å². The lowest BCUT2D eigenvalue weighted by Gasteiger charge is -2.30. The van der Waals surface area contributed by atoms with E-state index >= 15 is 0 Å². The van der Waals surface area contributed by atoms with E-state index in [0.29, 0.717) is 24.5 Å². The molecule has 0 aliphatic heterocycles. The molecule has 1 rings (SSSR count). The predicted octanol–water partition coefficient (Wildman–Crippen LogP) is 2.21. The van der Waals surface area contributed by atoms with Gasteiger partial charge in [0.05, 0.1) is 0 Å². The van der Waals surface area contributed by atoms with Crippen molar-refractivity contribution in [2.75, 3.05) is 13.2 Å². The van der Waals surface area contributed by atoms with Crippen molar-refractivity contribution in [1.82, 2.24) is 10.2 Å². The number of halogens is 1. The third kappa shape index (κ3) is 6.20. The average molecular weight is 341 g/mol. The lowest BCUT2D eigenvalue weighted by atomic mass is 10.1. The number of nitrogens with zero attached hydrogens (tertiary/aromatic N) is 1. The molecule has 6 heteroatoms. The van der Waals surface area contributed by atoms with Gasteiger partial charge in [0.15, 0.2) is 0 Å². The average Bonchev–Trinajstić information content (AvgIpc) is 2.53. The lowest BCUT2D eigenvalue weighted by Crippen LogP contribution is -2.49. The molecule has 0 radical (unpaired) electrons. The van der Waals surface area contributed by atoms with Crippen molar-refractivity contribution in [2.24, 2.45) is 5.92 Å². The fraction of sp³-hybridized carbons (Fsp3) is 0.529. The molecule has 5 nitrogen and oxygen atoms in total. The topological polar surface area (TPSA) is 69.6 Å². The summed E-state index contributed by atoms with van der Waals surface area (Å²) in [6.07, 6.45) is 0.494. The highest BCUT2D eigenvalue weighted by molar-refractivity contribution is 6.30. The molecular formula is C17H25ClN2O3. The molecule has 0 aromatic heterocycles. The molecule has 1 aromatic carbocycles. The van der Waals surface area contributed by atoms with Gasteiger partial charge in [-0.05, 0) is 31.0 Å². The van der Waals surface area contributed by atoms with Gasteiger partial charge in [-0.1, -0.05) is 37.6 Å². The zero-order chi connectivity index (χ0) is 17.4. The minimum atomic E-state index is -0.584. The summed E-state index contributed by atoms with van der Waals surface area (Å²) in [5.41, 5.74) is 0.915. The molecule has 0 spiro atoms. The van der Waals surface area contributed by atoms with Gasteiger partial charge in [-0.3, -0.25) is 9.59 Å². The molecule has 23 heavy (non-hydrogen) atoms. The Morgan fingerprint density at radius 2 is 1.83 bits per heavy atom. The van der Waals surface area contributed by atoms with E-state index in [9.17, 15) is 9.59 Å². The third-order valence-corrected chi connectivity index (χ3v) is 3.78. The third-order valence-electron chi connectivity index (χ3n) is 3.52. The van der Waals surface area contributed by atoms with Crippen molar-refractivity contribution in [2.45, 2.75) is 39.8 Å². The second kappa shape index (κ2) is 9.53.